The minimum atomic E-state index is -2.35. The Balaban J connectivity index is 0.00000169. The molecule has 0 saturated carbocycles. The molecule has 0 radical (unpaired) electrons. The highest BCUT2D eigenvalue weighted by molar-refractivity contribution is 9.13. The summed E-state index contributed by atoms with van der Waals surface area (Å²) < 4.78 is 25.7. The van der Waals surface area contributed by atoms with E-state index in [1.165, 1.54) is 11.3 Å². The maximum atomic E-state index is 12.0. The summed E-state index contributed by atoms with van der Waals surface area (Å²) in [6.45, 7) is 0. The third-order valence-electron chi connectivity index (χ3n) is 1.46. The Labute approximate surface area is 108 Å². The molecule has 1 heterocycles. The van der Waals surface area contributed by atoms with Gasteiger partial charge < -0.3 is 5.73 Å². The van der Waals surface area contributed by atoms with Gasteiger partial charge in [-0.05, 0) is 37.9 Å². The smallest absolute Gasteiger partial charge is 0.240 e. The number of hydrogen-bond acceptors (Lipinski definition) is 2. The minimum absolute atomic E-state index is 0. The van der Waals surface area contributed by atoms with E-state index in [1.807, 2.05) is 0 Å². The van der Waals surface area contributed by atoms with Crippen LogP contribution in [0.5, 0.6) is 0 Å². The molecule has 1 nitrogen and oxygen atoms in total. The predicted molar refractivity (Wildman–Crippen MR) is 64.5 cm³/mol. The quantitative estimate of drug-likeness (QED) is 0.840. The number of halogens is 5. The molecule has 1 aromatic rings. The molecule has 0 spiro atoms. The van der Waals surface area contributed by atoms with Crippen LogP contribution in [0.25, 0.3) is 0 Å². The molecule has 0 fully saturated rings. The second-order valence-corrected chi connectivity index (χ2v) is 5.76. The standard InChI is InChI=1S/C7H7Br2F2NS.ClH/c8-3-1-5(13-7(3)9)4(12)2-6(10)11;/h1,4,6H,2,12H2;1H/t4-;/m1./s1. The van der Waals surface area contributed by atoms with Gasteiger partial charge >= 0.3 is 0 Å². The number of alkyl halides is 2. The maximum absolute atomic E-state index is 12.0. The van der Waals surface area contributed by atoms with Gasteiger partial charge in [-0.15, -0.1) is 23.7 Å². The molecule has 1 atom stereocenters. The second-order valence-electron chi connectivity index (χ2n) is 2.50. The summed E-state index contributed by atoms with van der Waals surface area (Å²) in [5, 5.41) is 0. The Morgan fingerprint density at radius 2 is 2.00 bits per heavy atom. The molecule has 0 saturated heterocycles. The maximum Gasteiger partial charge on any atom is 0.240 e. The molecule has 0 aliphatic rings. The molecular formula is C7H8Br2ClF2NS. The van der Waals surface area contributed by atoms with Crippen LogP contribution >= 0.6 is 55.6 Å². The lowest BCUT2D eigenvalue weighted by Crippen LogP contribution is -2.12. The van der Waals surface area contributed by atoms with Crippen molar-refractivity contribution in [2.45, 2.75) is 18.9 Å². The van der Waals surface area contributed by atoms with Crippen molar-refractivity contribution in [1.29, 1.82) is 0 Å². The molecule has 7 heteroatoms. The monoisotopic (exact) mass is 369 g/mol. The fourth-order valence-electron chi connectivity index (χ4n) is 0.854. The first-order chi connectivity index (χ1) is 6.00. The van der Waals surface area contributed by atoms with Gasteiger partial charge in [-0.3, -0.25) is 0 Å². The van der Waals surface area contributed by atoms with Crippen molar-refractivity contribution in [3.05, 3.63) is 19.2 Å². The second kappa shape index (κ2) is 6.37. The van der Waals surface area contributed by atoms with E-state index in [0.29, 0.717) is 0 Å². The van der Waals surface area contributed by atoms with Crippen LogP contribution in [0.3, 0.4) is 0 Å². The molecule has 0 aromatic carbocycles. The highest BCUT2D eigenvalue weighted by Gasteiger charge is 2.16. The highest BCUT2D eigenvalue weighted by atomic mass is 79.9. The van der Waals surface area contributed by atoms with Gasteiger partial charge in [0.2, 0.25) is 6.43 Å². The van der Waals surface area contributed by atoms with Crippen LogP contribution in [0.4, 0.5) is 8.78 Å². The summed E-state index contributed by atoms with van der Waals surface area (Å²) in [6.07, 6.45) is -2.64. The van der Waals surface area contributed by atoms with Gasteiger partial charge in [-0.25, -0.2) is 8.78 Å². The van der Waals surface area contributed by atoms with Crippen LogP contribution in [0.1, 0.15) is 17.3 Å². The third-order valence-corrected chi connectivity index (χ3v) is 4.85. The zero-order chi connectivity index (χ0) is 10.0. The summed E-state index contributed by atoms with van der Waals surface area (Å²) in [5.41, 5.74) is 5.57. The fraction of sp³-hybridized carbons (Fsp3) is 0.429. The van der Waals surface area contributed by atoms with E-state index in [2.05, 4.69) is 31.9 Å². The Morgan fingerprint density at radius 1 is 1.43 bits per heavy atom. The zero-order valence-electron chi connectivity index (χ0n) is 6.84. The summed E-state index contributed by atoms with van der Waals surface area (Å²) >= 11 is 7.93. The van der Waals surface area contributed by atoms with Crippen LogP contribution in [0.15, 0.2) is 14.3 Å². The van der Waals surface area contributed by atoms with Crippen LogP contribution < -0.4 is 5.73 Å². The van der Waals surface area contributed by atoms with Gasteiger partial charge in [0.15, 0.2) is 0 Å². The van der Waals surface area contributed by atoms with Crippen LogP contribution in [0, 0.1) is 0 Å². The van der Waals surface area contributed by atoms with Crippen molar-refractivity contribution in [1.82, 2.24) is 0 Å². The van der Waals surface area contributed by atoms with Crippen LogP contribution in [-0.4, -0.2) is 6.43 Å². The van der Waals surface area contributed by atoms with E-state index >= 15 is 0 Å². The normalized spacial score (nSPS) is 12.7. The van der Waals surface area contributed by atoms with E-state index in [1.54, 1.807) is 6.07 Å². The summed E-state index contributed by atoms with van der Waals surface area (Å²) in [5.74, 6) is 0. The van der Waals surface area contributed by atoms with Gasteiger partial charge in [-0.1, -0.05) is 0 Å². The van der Waals surface area contributed by atoms with Crippen LogP contribution in [-0.2, 0) is 0 Å². The third kappa shape index (κ3) is 4.10. The average molecular weight is 371 g/mol. The van der Waals surface area contributed by atoms with Crippen molar-refractivity contribution in [2.75, 3.05) is 0 Å². The number of rotatable bonds is 3. The van der Waals surface area contributed by atoms with E-state index in [4.69, 9.17) is 5.73 Å². The van der Waals surface area contributed by atoms with Gasteiger partial charge in [0.1, 0.15) is 0 Å². The molecule has 0 amide bonds. The molecule has 0 bridgehead atoms. The number of hydrogen-bond donors (Lipinski definition) is 1. The molecule has 0 aliphatic carbocycles. The van der Waals surface area contributed by atoms with Gasteiger partial charge in [-0.2, -0.15) is 0 Å². The lowest BCUT2D eigenvalue weighted by molar-refractivity contribution is 0.129. The SMILES string of the molecule is Cl.N[C@H](CC(F)F)c1cc(Br)c(Br)s1. The Hall–Kier alpha value is 0.770. The number of nitrogens with two attached hydrogens (primary N) is 1. The zero-order valence-corrected chi connectivity index (χ0v) is 11.6. The van der Waals surface area contributed by atoms with Gasteiger partial charge in [0.25, 0.3) is 0 Å². The topological polar surface area (TPSA) is 26.0 Å². The van der Waals surface area contributed by atoms with Crippen molar-refractivity contribution >= 4 is 55.6 Å². The molecule has 82 valence electrons. The van der Waals surface area contributed by atoms with Crippen molar-refractivity contribution in [3.63, 3.8) is 0 Å². The Morgan fingerprint density at radius 3 is 2.36 bits per heavy atom. The summed E-state index contributed by atoms with van der Waals surface area (Å²) in [7, 11) is 0. The minimum Gasteiger partial charge on any atom is -0.323 e. The van der Waals surface area contributed by atoms with Crippen LogP contribution in [0.2, 0.25) is 0 Å². The predicted octanol–water partition coefficient (Wildman–Crippen LogP) is 4.35. The van der Waals surface area contributed by atoms with E-state index in [9.17, 15) is 8.78 Å². The highest BCUT2D eigenvalue weighted by Crippen LogP contribution is 2.36. The molecular weight excluding hydrogens is 363 g/mol. The molecule has 1 rings (SSSR count). The van der Waals surface area contributed by atoms with Crippen molar-refractivity contribution in [3.8, 4) is 0 Å². The average Bonchev–Trinajstić information content (AvgIpc) is 2.31. The first-order valence-electron chi connectivity index (χ1n) is 3.49. The van der Waals surface area contributed by atoms with E-state index < -0.39 is 12.5 Å². The Bertz CT molecular complexity index is 276. The van der Waals surface area contributed by atoms with Gasteiger partial charge in [0, 0.05) is 21.8 Å². The molecule has 2 N–H and O–H groups in total. The first-order valence-corrected chi connectivity index (χ1v) is 5.89. The lowest BCUT2D eigenvalue weighted by Gasteiger charge is -2.07. The summed E-state index contributed by atoms with van der Waals surface area (Å²) in [4.78, 5) is 0.763. The molecule has 14 heavy (non-hydrogen) atoms. The molecule has 0 aliphatic heterocycles. The molecule has 0 unspecified atom stereocenters. The van der Waals surface area contributed by atoms with E-state index in [0.717, 1.165) is 13.1 Å². The largest absolute Gasteiger partial charge is 0.323 e. The van der Waals surface area contributed by atoms with Gasteiger partial charge in [0.05, 0.1) is 3.79 Å². The van der Waals surface area contributed by atoms with Crippen molar-refractivity contribution < 1.29 is 8.78 Å². The molecule has 1 aromatic heterocycles. The Kier molecular flexibility index (Phi) is 6.72. The first kappa shape index (κ1) is 14.8. The lowest BCUT2D eigenvalue weighted by atomic mass is 10.2. The van der Waals surface area contributed by atoms with Crippen molar-refractivity contribution in [2.24, 2.45) is 5.73 Å². The number of thiophene rings is 1. The summed E-state index contributed by atoms with van der Waals surface area (Å²) in [6, 6.07) is 1.19. The van der Waals surface area contributed by atoms with E-state index in [-0.39, 0.29) is 18.8 Å². The fourth-order valence-corrected chi connectivity index (χ4v) is 2.96.